The van der Waals surface area contributed by atoms with E-state index in [2.05, 4.69) is 0 Å². The maximum atomic E-state index is 14.1. The molecular weight excluding hydrogens is 267 g/mol. The molecule has 1 aliphatic carbocycles. The molecule has 0 radical (unpaired) electrons. The third kappa shape index (κ3) is 1.94. The summed E-state index contributed by atoms with van der Waals surface area (Å²) in [7, 11) is -3.77. The molecule has 0 amide bonds. The number of hydrogen-bond donors (Lipinski definition) is 1. The average Bonchev–Trinajstić information content (AvgIpc) is 2.95. The first-order valence-electron chi connectivity index (χ1n) is 6.47. The first kappa shape index (κ1) is 12.9. The number of benzene rings is 1. The summed E-state index contributed by atoms with van der Waals surface area (Å²) in [6.45, 7) is 2.04. The fourth-order valence-electron chi connectivity index (χ4n) is 3.25. The Balaban J connectivity index is 2.06. The molecule has 4 nitrogen and oxygen atoms in total. The molecule has 3 rings (SSSR count). The SMILES string of the molecule is Cc1cc(N)cc(S(=O)(=O)N2CC3CCC2C3)c1F. The van der Waals surface area contributed by atoms with Gasteiger partial charge in [-0.3, -0.25) is 0 Å². The Kier molecular flexibility index (Phi) is 2.83. The Morgan fingerprint density at radius 2 is 2.11 bits per heavy atom. The molecule has 0 spiro atoms. The van der Waals surface area contributed by atoms with E-state index in [4.69, 9.17) is 5.73 Å². The molecule has 2 fully saturated rings. The molecule has 1 aliphatic heterocycles. The summed E-state index contributed by atoms with van der Waals surface area (Å²) in [5.74, 6) is -0.248. The smallest absolute Gasteiger partial charge is 0.246 e. The van der Waals surface area contributed by atoms with Crippen LogP contribution in [0.25, 0.3) is 0 Å². The highest BCUT2D eigenvalue weighted by molar-refractivity contribution is 7.89. The van der Waals surface area contributed by atoms with Crippen LogP contribution in [0.2, 0.25) is 0 Å². The molecule has 1 saturated carbocycles. The fourth-order valence-corrected chi connectivity index (χ4v) is 5.17. The van der Waals surface area contributed by atoms with Crippen molar-refractivity contribution in [2.24, 2.45) is 5.92 Å². The van der Waals surface area contributed by atoms with Gasteiger partial charge in [-0.25, -0.2) is 12.8 Å². The monoisotopic (exact) mass is 284 g/mol. The number of sulfonamides is 1. The Bertz CT molecular complexity index is 630. The molecule has 1 aromatic rings. The van der Waals surface area contributed by atoms with Crippen LogP contribution < -0.4 is 5.73 Å². The summed E-state index contributed by atoms with van der Waals surface area (Å²) in [4.78, 5) is -0.280. The Hall–Kier alpha value is -1.14. The molecule has 19 heavy (non-hydrogen) atoms. The minimum atomic E-state index is -3.77. The zero-order chi connectivity index (χ0) is 13.8. The zero-order valence-corrected chi connectivity index (χ0v) is 11.6. The van der Waals surface area contributed by atoms with E-state index in [1.54, 1.807) is 0 Å². The van der Waals surface area contributed by atoms with Crippen molar-refractivity contribution in [2.45, 2.75) is 37.1 Å². The van der Waals surface area contributed by atoms with E-state index < -0.39 is 15.8 Å². The lowest BCUT2D eigenvalue weighted by atomic mass is 10.1. The number of rotatable bonds is 2. The van der Waals surface area contributed by atoms with Crippen molar-refractivity contribution in [1.29, 1.82) is 0 Å². The minimum Gasteiger partial charge on any atom is -0.399 e. The molecule has 1 aromatic carbocycles. The van der Waals surface area contributed by atoms with Crippen molar-refractivity contribution >= 4 is 15.7 Å². The minimum absolute atomic E-state index is 0.0381. The maximum Gasteiger partial charge on any atom is 0.246 e. The van der Waals surface area contributed by atoms with E-state index in [1.165, 1.54) is 23.4 Å². The zero-order valence-electron chi connectivity index (χ0n) is 10.8. The van der Waals surface area contributed by atoms with Crippen molar-refractivity contribution < 1.29 is 12.8 Å². The molecule has 2 aliphatic rings. The number of aryl methyl sites for hydroxylation is 1. The van der Waals surface area contributed by atoms with Crippen LogP contribution in [-0.4, -0.2) is 25.3 Å². The van der Waals surface area contributed by atoms with E-state index in [0.717, 1.165) is 19.3 Å². The summed E-state index contributed by atoms with van der Waals surface area (Å²) in [5, 5.41) is 0. The van der Waals surface area contributed by atoms with E-state index in [0.29, 0.717) is 12.5 Å². The van der Waals surface area contributed by atoms with E-state index in [9.17, 15) is 12.8 Å². The molecule has 1 saturated heterocycles. The first-order valence-corrected chi connectivity index (χ1v) is 7.91. The molecule has 2 unspecified atom stereocenters. The van der Waals surface area contributed by atoms with Gasteiger partial charge in [-0.1, -0.05) is 0 Å². The number of nitrogens with two attached hydrogens (primary N) is 1. The van der Waals surface area contributed by atoms with Gasteiger partial charge >= 0.3 is 0 Å². The maximum absolute atomic E-state index is 14.1. The largest absolute Gasteiger partial charge is 0.399 e. The molecule has 104 valence electrons. The van der Waals surface area contributed by atoms with Crippen LogP contribution in [0.5, 0.6) is 0 Å². The fraction of sp³-hybridized carbons (Fsp3) is 0.538. The van der Waals surface area contributed by atoms with Crippen LogP contribution >= 0.6 is 0 Å². The van der Waals surface area contributed by atoms with Gasteiger partial charge in [0.15, 0.2) is 0 Å². The van der Waals surface area contributed by atoms with Crippen LogP contribution in [0.4, 0.5) is 10.1 Å². The Labute approximate surface area is 112 Å². The lowest BCUT2D eigenvalue weighted by Crippen LogP contribution is -2.38. The van der Waals surface area contributed by atoms with Crippen LogP contribution in [0.15, 0.2) is 17.0 Å². The number of halogens is 1. The second-order valence-corrected chi connectivity index (χ2v) is 7.42. The highest BCUT2D eigenvalue weighted by Gasteiger charge is 2.45. The van der Waals surface area contributed by atoms with E-state index in [1.807, 2.05) is 0 Å². The van der Waals surface area contributed by atoms with Crippen LogP contribution in [-0.2, 0) is 10.0 Å². The summed E-state index contributed by atoms with van der Waals surface area (Å²) in [6, 6.07) is 2.71. The predicted molar refractivity (Wildman–Crippen MR) is 70.6 cm³/mol. The summed E-state index contributed by atoms with van der Waals surface area (Å²) in [6.07, 6.45) is 2.87. The second kappa shape index (κ2) is 4.18. The normalized spacial score (nSPS) is 27.1. The number of hydrogen-bond acceptors (Lipinski definition) is 3. The topological polar surface area (TPSA) is 63.4 Å². The van der Waals surface area contributed by atoms with Gasteiger partial charge in [0, 0.05) is 18.3 Å². The lowest BCUT2D eigenvalue weighted by Gasteiger charge is -2.26. The molecule has 2 bridgehead atoms. The molecular formula is C13H17FN2O2S. The van der Waals surface area contributed by atoms with Crippen LogP contribution in [0.3, 0.4) is 0 Å². The molecule has 2 N–H and O–H groups in total. The van der Waals surface area contributed by atoms with Gasteiger partial charge in [0.05, 0.1) is 0 Å². The predicted octanol–water partition coefficient (Wildman–Crippen LogP) is 1.89. The quantitative estimate of drug-likeness (QED) is 0.844. The first-order chi connectivity index (χ1) is 8.89. The number of fused-ring (bicyclic) bond motifs is 2. The number of nitrogen functional groups attached to an aromatic ring is 1. The third-order valence-corrected chi connectivity index (χ3v) is 6.11. The van der Waals surface area contributed by atoms with Gasteiger partial charge in [-0.05, 0) is 49.8 Å². The number of anilines is 1. The van der Waals surface area contributed by atoms with Crippen molar-refractivity contribution in [2.75, 3.05) is 12.3 Å². The average molecular weight is 284 g/mol. The molecule has 2 atom stereocenters. The third-order valence-electron chi connectivity index (χ3n) is 4.19. The van der Waals surface area contributed by atoms with Crippen LogP contribution in [0.1, 0.15) is 24.8 Å². The number of nitrogens with zero attached hydrogens (tertiary/aromatic N) is 1. The van der Waals surface area contributed by atoms with Crippen molar-refractivity contribution in [1.82, 2.24) is 4.31 Å². The highest BCUT2D eigenvalue weighted by atomic mass is 32.2. The van der Waals surface area contributed by atoms with Gasteiger partial charge in [0.25, 0.3) is 0 Å². The Morgan fingerprint density at radius 3 is 2.68 bits per heavy atom. The van der Waals surface area contributed by atoms with Gasteiger partial charge in [-0.2, -0.15) is 4.31 Å². The summed E-state index contributed by atoms with van der Waals surface area (Å²) in [5.41, 5.74) is 6.20. The number of piperidine rings is 1. The Morgan fingerprint density at radius 1 is 1.37 bits per heavy atom. The van der Waals surface area contributed by atoms with E-state index >= 15 is 0 Å². The highest BCUT2D eigenvalue weighted by Crippen LogP contribution is 2.41. The van der Waals surface area contributed by atoms with Crippen LogP contribution in [0, 0.1) is 18.7 Å². The summed E-state index contributed by atoms with van der Waals surface area (Å²) < 4.78 is 40.7. The lowest BCUT2D eigenvalue weighted by molar-refractivity contribution is 0.332. The standard InChI is InChI=1S/C13H17FN2O2S/c1-8-4-10(15)6-12(13(8)14)19(17,18)16-7-9-2-3-11(16)5-9/h4,6,9,11H,2-3,5,7,15H2,1H3. The second-order valence-electron chi connectivity index (χ2n) is 5.56. The van der Waals surface area contributed by atoms with Crippen molar-refractivity contribution in [3.63, 3.8) is 0 Å². The van der Waals surface area contributed by atoms with Crippen molar-refractivity contribution in [3.8, 4) is 0 Å². The molecule has 1 heterocycles. The summed E-state index contributed by atoms with van der Waals surface area (Å²) >= 11 is 0. The van der Waals surface area contributed by atoms with Gasteiger partial charge < -0.3 is 5.73 Å². The molecule has 0 aromatic heterocycles. The molecule has 6 heteroatoms. The van der Waals surface area contributed by atoms with Gasteiger partial charge in [0.1, 0.15) is 10.7 Å². The van der Waals surface area contributed by atoms with Gasteiger partial charge in [-0.15, -0.1) is 0 Å². The van der Waals surface area contributed by atoms with Gasteiger partial charge in [0.2, 0.25) is 10.0 Å². The van der Waals surface area contributed by atoms with E-state index in [-0.39, 0.29) is 22.2 Å². The van der Waals surface area contributed by atoms with Crippen molar-refractivity contribution in [3.05, 3.63) is 23.5 Å².